The molecule has 0 amide bonds. The summed E-state index contributed by atoms with van der Waals surface area (Å²) >= 11 is 0. The summed E-state index contributed by atoms with van der Waals surface area (Å²) in [4.78, 5) is 0. The third-order valence-electron chi connectivity index (χ3n) is 3.24. The highest BCUT2D eigenvalue weighted by molar-refractivity contribution is 5.30. The minimum atomic E-state index is -0.975. The summed E-state index contributed by atoms with van der Waals surface area (Å²) in [7, 11) is 3.27. The maximum absolute atomic E-state index is 10.7. The van der Waals surface area contributed by atoms with Crippen LogP contribution in [0.15, 0.2) is 6.20 Å². The van der Waals surface area contributed by atoms with Crippen molar-refractivity contribution in [1.29, 1.82) is 0 Å². The van der Waals surface area contributed by atoms with Gasteiger partial charge < -0.3 is 19.9 Å². The Kier molecular flexibility index (Phi) is 6.98. The van der Waals surface area contributed by atoms with Gasteiger partial charge in [-0.25, -0.2) is 0 Å². The number of ether oxygens (including phenoxy) is 2. The average molecular weight is 285 g/mol. The fraction of sp³-hybridized carbons (Fsp3) is 0.786. The van der Waals surface area contributed by atoms with Gasteiger partial charge in [-0.1, -0.05) is 6.92 Å². The van der Waals surface area contributed by atoms with Crippen LogP contribution in [-0.2, 0) is 16.9 Å². The molecule has 1 heterocycles. The standard InChI is InChI=1S/C14H27N3O3/c1-5-9-17-13(12(20-4)11-16-17)14(2,18)6-7-15-8-10-19-3/h11,15,18H,5-10H2,1-4H3. The molecule has 0 aliphatic carbocycles. The van der Waals surface area contributed by atoms with Crippen molar-refractivity contribution in [2.75, 3.05) is 33.9 Å². The highest BCUT2D eigenvalue weighted by atomic mass is 16.5. The van der Waals surface area contributed by atoms with Gasteiger partial charge >= 0.3 is 0 Å². The number of rotatable bonds is 10. The molecule has 1 atom stereocenters. The van der Waals surface area contributed by atoms with E-state index in [2.05, 4.69) is 17.3 Å². The van der Waals surface area contributed by atoms with Crippen molar-refractivity contribution in [2.45, 2.75) is 38.8 Å². The van der Waals surface area contributed by atoms with E-state index < -0.39 is 5.60 Å². The highest BCUT2D eigenvalue weighted by Crippen LogP contribution is 2.32. The van der Waals surface area contributed by atoms with Crippen LogP contribution in [0.3, 0.4) is 0 Å². The molecule has 6 nitrogen and oxygen atoms in total. The summed E-state index contributed by atoms with van der Waals surface area (Å²) in [5, 5.41) is 18.3. The first-order valence-corrected chi connectivity index (χ1v) is 7.09. The molecular formula is C14H27N3O3. The lowest BCUT2D eigenvalue weighted by Gasteiger charge is -2.25. The number of aromatic nitrogens is 2. The van der Waals surface area contributed by atoms with Gasteiger partial charge in [0.05, 0.1) is 19.9 Å². The van der Waals surface area contributed by atoms with E-state index in [0.717, 1.165) is 25.2 Å². The van der Waals surface area contributed by atoms with E-state index in [9.17, 15) is 5.11 Å². The third-order valence-corrected chi connectivity index (χ3v) is 3.24. The largest absolute Gasteiger partial charge is 0.493 e. The van der Waals surface area contributed by atoms with E-state index in [0.29, 0.717) is 25.3 Å². The van der Waals surface area contributed by atoms with Crippen molar-refractivity contribution in [1.82, 2.24) is 15.1 Å². The molecule has 0 saturated heterocycles. The maximum atomic E-state index is 10.7. The van der Waals surface area contributed by atoms with Gasteiger partial charge in [-0.3, -0.25) is 4.68 Å². The fourth-order valence-electron chi connectivity index (χ4n) is 2.19. The molecule has 1 rings (SSSR count). The minimum Gasteiger partial charge on any atom is -0.493 e. The van der Waals surface area contributed by atoms with Crippen molar-refractivity contribution < 1.29 is 14.6 Å². The minimum absolute atomic E-state index is 0.586. The van der Waals surface area contributed by atoms with E-state index in [1.165, 1.54) is 0 Å². The van der Waals surface area contributed by atoms with Gasteiger partial charge in [-0.15, -0.1) is 0 Å². The second kappa shape index (κ2) is 8.24. The summed E-state index contributed by atoms with van der Waals surface area (Å²) in [5.74, 6) is 0.639. The number of hydrogen-bond donors (Lipinski definition) is 2. The van der Waals surface area contributed by atoms with Crippen LogP contribution in [0, 0.1) is 0 Å². The monoisotopic (exact) mass is 285 g/mol. The number of methoxy groups -OCH3 is 2. The molecule has 0 bridgehead atoms. The van der Waals surface area contributed by atoms with E-state index in [1.807, 2.05) is 4.68 Å². The molecule has 20 heavy (non-hydrogen) atoms. The molecule has 0 aliphatic rings. The van der Waals surface area contributed by atoms with Crippen LogP contribution < -0.4 is 10.1 Å². The second-order valence-corrected chi connectivity index (χ2v) is 5.05. The summed E-state index contributed by atoms with van der Waals surface area (Å²) in [6.07, 6.45) is 3.21. The van der Waals surface area contributed by atoms with Crippen LogP contribution in [0.1, 0.15) is 32.4 Å². The Morgan fingerprint density at radius 3 is 2.75 bits per heavy atom. The smallest absolute Gasteiger partial charge is 0.162 e. The van der Waals surface area contributed by atoms with Gasteiger partial charge in [-0.05, 0) is 26.3 Å². The van der Waals surface area contributed by atoms with Gasteiger partial charge in [0.15, 0.2) is 5.75 Å². The van der Waals surface area contributed by atoms with Crippen molar-refractivity contribution in [3.05, 3.63) is 11.9 Å². The first-order valence-electron chi connectivity index (χ1n) is 7.09. The fourth-order valence-corrected chi connectivity index (χ4v) is 2.19. The zero-order chi connectivity index (χ0) is 15.0. The summed E-state index contributed by atoms with van der Waals surface area (Å²) in [6, 6.07) is 0. The predicted molar refractivity (Wildman–Crippen MR) is 78.0 cm³/mol. The highest BCUT2D eigenvalue weighted by Gasteiger charge is 2.31. The molecule has 0 aliphatic heterocycles. The molecule has 0 radical (unpaired) electrons. The summed E-state index contributed by atoms with van der Waals surface area (Å²) < 4.78 is 12.1. The first-order chi connectivity index (χ1) is 9.56. The molecule has 0 fully saturated rings. The Balaban J connectivity index is 2.71. The molecule has 0 spiro atoms. The van der Waals surface area contributed by atoms with E-state index in [1.54, 1.807) is 27.3 Å². The van der Waals surface area contributed by atoms with E-state index in [4.69, 9.17) is 9.47 Å². The summed E-state index contributed by atoms with van der Waals surface area (Å²) in [6.45, 7) is 6.80. The van der Waals surface area contributed by atoms with Crippen LogP contribution >= 0.6 is 0 Å². The molecule has 1 aromatic heterocycles. The molecule has 2 N–H and O–H groups in total. The van der Waals surface area contributed by atoms with Gasteiger partial charge in [-0.2, -0.15) is 5.10 Å². The van der Waals surface area contributed by atoms with Gasteiger partial charge in [0, 0.05) is 20.2 Å². The second-order valence-electron chi connectivity index (χ2n) is 5.05. The van der Waals surface area contributed by atoms with Crippen molar-refractivity contribution in [3.63, 3.8) is 0 Å². The molecular weight excluding hydrogens is 258 g/mol. The van der Waals surface area contributed by atoms with Crippen molar-refractivity contribution >= 4 is 0 Å². The van der Waals surface area contributed by atoms with Gasteiger partial charge in [0.1, 0.15) is 11.3 Å². The van der Waals surface area contributed by atoms with Crippen LogP contribution in [0.4, 0.5) is 0 Å². The van der Waals surface area contributed by atoms with E-state index >= 15 is 0 Å². The Hall–Kier alpha value is -1.11. The van der Waals surface area contributed by atoms with E-state index in [-0.39, 0.29) is 0 Å². The molecule has 0 saturated carbocycles. The average Bonchev–Trinajstić information content (AvgIpc) is 2.82. The van der Waals surface area contributed by atoms with Crippen LogP contribution in [-0.4, -0.2) is 48.8 Å². The normalized spacial score (nSPS) is 14.2. The predicted octanol–water partition coefficient (Wildman–Crippen LogP) is 1.14. The third kappa shape index (κ3) is 4.47. The number of hydrogen-bond acceptors (Lipinski definition) is 5. The first kappa shape index (κ1) is 16.9. The SMILES string of the molecule is CCCn1ncc(OC)c1C(C)(O)CCNCCOC. The van der Waals surface area contributed by atoms with Gasteiger partial charge in [0.2, 0.25) is 0 Å². The number of aryl methyl sites for hydroxylation is 1. The Morgan fingerprint density at radius 1 is 1.40 bits per heavy atom. The lowest BCUT2D eigenvalue weighted by molar-refractivity contribution is 0.0356. The molecule has 1 aromatic rings. The quantitative estimate of drug-likeness (QED) is 0.631. The van der Waals surface area contributed by atoms with Crippen molar-refractivity contribution in [2.24, 2.45) is 0 Å². The number of aliphatic hydroxyl groups is 1. The Labute approximate surface area is 121 Å². The number of nitrogens with one attached hydrogen (secondary N) is 1. The van der Waals surface area contributed by atoms with Crippen LogP contribution in [0.2, 0.25) is 0 Å². The summed E-state index contributed by atoms with van der Waals surface area (Å²) in [5.41, 5.74) is -0.229. The van der Waals surface area contributed by atoms with Crippen molar-refractivity contribution in [3.8, 4) is 5.75 Å². The number of nitrogens with zero attached hydrogens (tertiary/aromatic N) is 2. The molecule has 6 heteroatoms. The lowest BCUT2D eigenvalue weighted by Crippen LogP contribution is -2.32. The zero-order valence-corrected chi connectivity index (χ0v) is 13.0. The topological polar surface area (TPSA) is 68.5 Å². The Bertz CT molecular complexity index is 391. The zero-order valence-electron chi connectivity index (χ0n) is 13.0. The molecule has 116 valence electrons. The van der Waals surface area contributed by atoms with Crippen LogP contribution in [0.25, 0.3) is 0 Å². The van der Waals surface area contributed by atoms with Crippen LogP contribution in [0.5, 0.6) is 5.75 Å². The molecule has 1 unspecified atom stereocenters. The molecule has 0 aromatic carbocycles. The maximum Gasteiger partial charge on any atom is 0.162 e. The van der Waals surface area contributed by atoms with Gasteiger partial charge in [0.25, 0.3) is 0 Å². The Morgan fingerprint density at radius 2 is 2.15 bits per heavy atom. The lowest BCUT2D eigenvalue weighted by atomic mass is 9.97.